The molecule has 131 valence electrons. The van der Waals surface area contributed by atoms with Crippen molar-refractivity contribution in [1.29, 1.82) is 0 Å². The first-order chi connectivity index (χ1) is 10.3. The third-order valence-electron chi connectivity index (χ3n) is 5.14. The van der Waals surface area contributed by atoms with E-state index >= 15 is 0 Å². The predicted octanol–water partition coefficient (Wildman–Crippen LogP) is 5.59. The van der Waals surface area contributed by atoms with Crippen LogP contribution in [0.5, 0.6) is 0 Å². The van der Waals surface area contributed by atoms with E-state index in [0.717, 1.165) is 19.3 Å². The fraction of sp³-hybridized carbons (Fsp3) is 0.722. The first kappa shape index (κ1) is 23.2. The molecule has 0 radical (unpaired) electrons. The average Bonchev–Trinajstić information content (AvgIpc) is 3.02. The van der Waals surface area contributed by atoms with E-state index in [2.05, 4.69) is 22.0 Å². The van der Waals surface area contributed by atoms with Gasteiger partial charge in [-0.1, -0.05) is 0 Å². The van der Waals surface area contributed by atoms with Crippen molar-refractivity contribution in [2.45, 2.75) is 77.0 Å². The molecular formula is C18H30Cl2NOTi. The fourth-order valence-corrected chi connectivity index (χ4v) is 4.21. The zero-order valence-corrected chi connectivity index (χ0v) is 17.1. The predicted molar refractivity (Wildman–Crippen MR) is 97.7 cm³/mol. The minimum absolute atomic E-state index is 0. The van der Waals surface area contributed by atoms with E-state index in [4.69, 9.17) is 0 Å². The number of halogens is 2. The van der Waals surface area contributed by atoms with Crippen LogP contribution in [0.3, 0.4) is 0 Å². The molecule has 2 nitrogen and oxygen atoms in total. The van der Waals surface area contributed by atoms with E-state index in [-0.39, 0.29) is 36.1 Å². The number of hydrogen-bond acceptors (Lipinski definition) is 1. The van der Waals surface area contributed by atoms with Gasteiger partial charge in [0.2, 0.25) is 0 Å². The van der Waals surface area contributed by atoms with E-state index in [0.29, 0.717) is 0 Å². The normalized spacial score (nSPS) is 21.6. The molecule has 1 amide bonds. The molecule has 0 saturated heterocycles. The van der Waals surface area contributed by atoms with Crippen molar-refractivity contribution >= 4 is 30.7 Å². The summed E-state index contributed by atoms with van der Waals surface area (Å²) in [5.74, 6) is 0.245. The molecule has 1 fully saturated rings. The van der Waals surface area contributed by atoms with E-state index in [9.17, 15) is 4.79 Å². The molecule has 2 aliphatic carbocycles. The Bertz CT molecular complexity index is 398. The van der Waals surface area contributed by atoms with Crippen LogP contribution in [-0.2, 0) is 25.5 Å². The minimum atomic E-state index is -0.239. The molecule has 2 aliphatic rings. The zero-order valence-electron chi connectivity index (χ0n) is 13.9. The summed E-state index contributed by atoms with van der Waals surface area (Å²) in [4.78, 5) is 12.7. The zero-order chi connectivity index (χ0) is 15.0. The summed E-state index contributed by atoms with van der Waals surface area (Å²) < 4.78 is 2.96. The van der Waals surface area contributed by atoms with Gasteiger partial charge in [-0.05, 0) is 0 Å². The summed E-state index contributed by atoms with van der Waals surface area (Å²) in [5, 5.41) is 0. The van der Waals surface area contributed by atoms with Crippen molar-refractivity contribution in [2.24, 2.45) is 5.41 Å². The van der Waals surface area contributed by atoms with E-state index in [1.54, 1.807) is 20.7 Å². The molecule has 0 spiro atoms. The van der Waals surface area contributed by atoms with Crippen LogP contribution in [0.15, 0.2) is 23.8 Å². The quantitative estimate of drug-likeness (QED) is 0.608. The Labute approximate surface area is 165 Å². The Morgan fingerprint density at radius 3 is 1.78 bits per heavy atom. The number of carbonyl (C=O) groups excluding carboxylic acids is 1. The molecule has 0 bridgehead atoms. The molecule has 0 heterocycles. The van der Waals surface area contributed by atoms with Gasteiger partial charge in [0.1, 0.15) is 0 Å². The van der Waals surface area contributed by atoms with Gasteiger partial charge in [-0.3, -0.25) is 0 Å². The van der Waals surface area contributed by atoms with E-state index < -0.39 is 0 Å². The monoisotopic (exact) mass is 394 g/mol. The maximum atomic E-state index is 12.7. The van der Waals surface area contributed by atoms with Gasteiger partial charge in [-0.15, -0.1) is 24.8 Å². The van der Waals surface area contributed by atoms with Gasteiger partial charge in [-0.25, -0.2) is 0 Å². The second-order valence-electron chi connectivity index (χ2n) is 6.54. The summed E-state index contributed by atoms with van der Waals surface area (Å²) >= 11 is 1.79. The van der Waals surface area contributed by atoms with Gasteiger partial charge in [0.15, 0.2) is 0 Å². The SMILES string of the molecule is Cl.Cl.O=C([NH][Ti])C1(C2=CC=CC2)CCCCCCCCCCC1. The van der Waals surface area contributed by atoms with Gasteiger partial charge >= 0.3 is 141 Å². The van der Waals surface area contributed by atoms with Crippen molar-refractivity contribution in [1.82, 2.24) is 3.80 Å². The Morgan fingerprint density at radius 1 is 0.913 bits per heavy atom. The molecule has 0 unspecified atom stereocenters. The summed E-state index contributed by atoms with van der Waals surface area (Å²) in [5.41, 5.74) is 1.11. The third-order valence-corrected chi connectivity index (χ3v) is 5.50. The average molecular weight is 395 g/mol. The van der Waals surface area contributed by atoms with Crippen molar-refractivity contribution in [3.8, 4) is 0 Å². The molecule has 0 atom stereocenters. The van der Waals surface area contributed by atoms with Crippen LogP contribution in [0.25, 0.3) is 0 Å². The first-order valence-corrected chi connectivity index (χ1v) is 9.41. The van der Waals surface area contributed by atoms with Crippen molar-refractivity contribution in [3.05, 3.63) is 23.8 Å². The Kier molecular flexibility index (Phi) is 12.7. The van der Waals surface area contributed by atoms with Gasteiger partial charge in [0.25, 0.3) is 0 Å². The van der Waals surface area contributed by atoms with Gasteiger partial charge in [-0.2, -0.15) is 0 Å². The number of hydrogen-bond donors (Lipinski definition) is 1. The molecule has 0 aromatic rings. The van der Waals surface area contributed by atoms with Crippen molar-refractivity contribution < 1.29 is 25.5 Å². The van der Waals surface area contributed by atoms with Crippen LogP contribution in [0.4, 0.5) is 0 Å². The second-order valence-corrected chi connectivity index (χ2v) is 6.93. The number of nitrogens with one attached hydrogen (secondary N) is 1. The molecule has 0 aliphatic heterocycles. The van der Waals surface area contributed by atoms with Crippen LogP contribution in [0.2, 0.25) is 0 Å². The van der Waals surface area contributed by atoms with Crippen LogP contribution in [0.1, 0.15) is 77.0 Å². The molecule has 1 N–H and O–H groups in total. The molecule has 5 heteroatoms. The maximum absolute atomic E-state index is 12.7. The number of rotatable bonds is 2. The van der Waals surface area contributed by atoms with Crippen LogP contribution in [0, 0.1) is 5.41 Å². The van der Waals surface area contributed by atoms with E-state index in [1.807, 2.05) is 0 Å². The van der Waals surface area contributed by atoms with Crippen LogP contribution in [-0.4, -0.2) is 5.91 Å². The van der Waals surface area contributed by atoms with Crippen LogP contribution < -0.4 is 3.80 Å². The molecule has 23 heavy (non-hydrogen) atoms. The summed E-state index contributed by atoms with van der Waals surface area (Å²) in [6, 6.07) is 0. The van der Waals surface area contributed by atoms with Gasteiger partial charge in [0.05, 0.1) is 0 Å². The van der Waals surface area contributed by atoms with Crippen molar-refractivity contribution in [3.63, 3.8) is 0 Å². The summed E-state index contributed by atoms with van der Waals surface area (Å²) in [6.07, 6.45) is 21.3. The Balaban J connectivity index is 0.00000242. The molecule has 0 aromatic heterocycles. The van der Waals surface area contributed by atoms with Crippen molar-refractivity contribution in [2.75, 3.05) is 0 Å². The number of allylic oxidation sites excluding steroid dienone is 3. The molecule has 0 aromatic carbocycles. The summed E-state index contributed by atoms with van der Waals surface area (Å²) in [7, 11) is 0. The molecule has 1 saturated carbocycles. The van der Waals surface area contributed by atoms with Gasteiger partial charge in [0, 0.05) is 0 Å². The number of amides is 1. The third kappa shape index (κ3) is 6.57. The molecular weight excluding hydrogens is 365 g/mol. The van der Waals surface area contributed by atoms with Crippen LogP contribution >= 0.6 is 24.8 Å². The molecule has 2 rings (SSSR count). The van der Waals surface area contributed by atoms with E-state index in [1.165, 1.54) is 63.4 Å². The van der Waals surface area contributed by atoms with Gasteiger partial charge < -0.3 is 0 Å². The Morgan fingerprint density at radius 2 is 1.39 bits per heavy atom. The topological polar surface area (TPSA) is 29.1 Å². The number of carbonyl (C=O) groups is 1. The standard InChI is InChI=1S/C18H29NO.2ClH.Ti/c19-17(20)18(16-12-8-9-13-16)14-10-6-4-2-1-3-5-7-11-15-18;;;/h8-9,12H,1-7,10-11,13-15H2,(H2,19,20);2*1H;/q;;;+1/p-1. The Hall–Kier alpha value is 0.244. The fourth-order valence-electron chi connectivity index (χ4n) is 3.83. The second kappa shape index (κ2) is 12.6. The first-order valence-electron chi connectivity index (χ1n) is 8.63. The summed E-state index contributed by atoms with van der Waals surface area (Å²) in [6.45, 7) is 0.